The minimum atomic E-state index is -0.0600. The minimum absolute atomic E-state index is 0.0335. The second-order valence-corrected chi connectivity index (χ2v) is 8.40. The molecule has 3 heterocycles. The van der Waals surface area contributed by atoms with E-state index in [9.17, 15) is 4.79 Å². The zero-order chi connectivity index (χ0) is 19.6. The highest BCUT2D eigenvalue weighted by Crippen LogP contribution is 2.30. The Morgan fingerprint density at radius 1 is 1.26 bits per heavy atom. The number of ether oxygens (including phenoxy) is 1. The molecule has 0 unspecified atom stereocenters. The third-order valence-electron chi connectivity index (χ3n) is 5.42. The Morgan fingerprint density at radius 2 is 1.93 bits per heavy atom. The average Bonchev–Trinajstić information content (AvgIpc) is 3.01. The van der Waals surface area contributed by atoms with E-state index in [1.165, 1.54) is 5.69 Å². The van der Waals surface area contributed by atoms with Crippen molar-refractivity contribution >= 4 is 11.6 Å². The Balaban J connectivity index is 2.01. The van der Waals surface area contributed by atoms with E-state index in [1.54, 1.807) is 11.2 Å². The molecule has 0 aliphatic carbocycles. The lowest BCUT2D eigenvalue weighted by molar-refractivity contribution is 0.0661. The average molecular weight is 373 g/mol. The van der Waals surface area contributed by atoms with Gasteiger partial charge in [-0.1, -0.05) is 20.8 Å². The molecule has 0 radical (unpaired) electrons. The van der Waals surface area contributed by atoms with Crippen LogP contribution in [0.1, 0.15) is 69.3 Å². The van der Waals surface area contributed by atoms with E-state index < -0.39 is 0 Å². The van der Waals surface area contributed by atoms with Gasteiger partial charge in [-0.2, -0.15) is 0 Å². The molecule has 0 aromatic carbocycles. The van der Waals surface area contributed by atoms with Gasteiger partial charge in [-0.3, -0.25) is 9.20 Å². The van der Waals surface area contributed by atoms with E-state index in [-0.39, 0.29) is 11.3 Å². The third kappa shape index (κ3) is 4.15. The Labute approximate surface area is 161 Å². The van der Waals surface area contributed by atoms with Gasteiger partial charge in [0.2, 0.25) is 0 Å². The molecule has 6 nitrogen and oxygen atoms in total. The summed E-state index contributed by atoms with van der Waals surface area (Å²) in [4.78, 5) is 23.9. The highest BCUT2D eigenvalue weighted by molar-refractivity contribution is 5.93. The number of hydrogen-bond acceptors (Lipinski definition) is 4. The Morgan fingerprint density at radius 3 is 2.52 bits per heavy atom. The molecule has 148 valence electrons. The summed E-state index contributed by atoms with van der Waals surface area (Å²) in [5.74, 6) is 0.575. The molecule has 1 fully saturated rings. The van der Waals surface area contributed by atoms with Crippen LogP contribution in [0.3, 0.4) is 0 Å². The first-order valence-corrected chi connectivity index (χ1v) is 10.1. The van der Waals surface area contributed by atoms with Crippen LogP contribution in [0.5, 0.6) is 0 Å². The summed E-state index contributed by atoms with van der Waals surface area (Å²) in [5.41, 5.74) is 3.54. The van der Waals surface area contributed by atoms with Crippen molar-refractivity contribution < 1.29 is 9.53 Å². The first-order valence-electron chi connectivity index (χ1n) is 10.1. The molecular formula is C21H32N4O2. The minimum Gasteiger partial charge on any atom is -0.381 e. The Kier molecular flexibility index (Phi) is 5.84. The lowest BCUT2D eigenvalue weighted by Crippen LogP contribution is -2.31. The molecule has 0 bridgehead atoms. The van der Waals surface area contributed by atoms with Crippen molar-refractivity contribution in [3.8, 4) is 0 Å². The first-order chi connectivity index (χ1) is 12.8. The van der Waals surface area contributed by atoms with Gasteiger partial charge in [0, 0.05) is 43.5 Å². The topological polar surface area (TPSA) is 59.7 Å². The van der Waals surface area contributed by atoms with E-state index in [4.69, 9.17) is 9.72 Å². The fourth-order valence-electron chi connectivity index (χ4n) is 3.80. The SMILES string of the molecule is CCN(CC)C(=O)c1cc2nc(C(C)(C)C)c(CC3CCOCC3)n2cn1. The molecule has 3 rings (SSSR count). The molecule has 1 amide bonds. The summed E-state index contributed by atoms with van der Waals surface area (Å²) in [7, 11) is 0. The van der Waals surface area contributed by atoms with E-state index in [0.29, 0.717) is 24.7 Å². The lowest BCUT2D eigenvalue weighted by Gasteiger charge is -2.24. The Bertz CT molecular complexity index is 796. The van der Waals surface area contributed by atoms with Crippen molar-refractivity contribution in [2.45, 2.75) is 59.3 Å². The van der Waals surface area contributed by atoms with Crippen LogP contribution >= 0.6 is 0 Å². The van der Waals surface area contributed by atoms with E-state index >= 15 is 0 Å². The zero-order valence-electron chi connectivity index (χ0n) is 17.3. The van der Waals surface area contributed by atoms with Crippen molar-refractivity contribution in [3.05, 3.63) is 29.5 Å². The van der Waals surface area contributed by atoms with Crippen LogP contribution in [0.4, 0.5) is 0 Å². The van der Waals surface area contributed by atoms with E-state index in [2.05, 4.69) is 30.2 Å². The van der Waals surface area contributed by atoms with Crippen LogP contribution < -0.4 is 0 Å². The molecule has 1 saturated heterocycles. The maximum Gasteiger partial charge on any atom is 0.272 e. The summed E-state index contributed by atoms with van der Waals surface area (Å²) < 4.78 is 7.59. The quantitative estimate of drug-likeness (QED) is 0.806. The van der Waals surface area contributed by atoms with Crippen LogP contribution in [-0.4, -0.2) is 51.5 Å². The third-order valence-corrected chi connectivity index (χ3v) is 5.42. The molecule has 1 aliphatic heterocycles. The number of nitrogens with zero attached hydrogens (tertiary/aromatic N) is 4. The van der Waals surface area contributed by atoms with E-state index in [0.717, 1.165) is 43.8 Å². The normalized spacial score (nSPS) is 16.0. The predicted octanol–water partition coefficient (Wildman–Crippen LogP) is 3.48. The fourth-order valence-corrected chi connectivity index (χ4v) is 3.80. The van der Waals surface area contributed by atoms with Gasteiger partial charge in [-0.15, -0.1) is 0 Å². The standard InChI is InChI=1S/C21H32N4O2/c1-6-24(7-2)20(26)16-13-18-23-19(21(3,4)5)17(25(18)14-22-16)12-15-8-10-27-11-9-15/h13-15H,6-12H2,1-5H3. The molecule has 2 aromatic heterocycles. The molecule has 27 heavy (non-hydrogen) atoms. The van der Waals surface area contributed by atoms with Crippen LogP contribution in [0, 0.1) is 5.92 Å². The number of aromatic nitrogens is 3. The summed E-state index contributed by atoms with van der Waals surface area (Å²) >= 11 is 0. The van der Waals surface area contributed by atoms with Gasteiger partial charge in [-0.05, 0) is 39.0 Å². The lowest BCUT2D eigenvalue weighted by atomic mass is 9.86. The number of amides is 1. The van der Waals surface area contributed by atoms with Gasteiger partial charge in [0.15, 0.2) is 0 Å². The van der Waals surface area contributed by atoms with Crippen molar-refractivity contribution in [2.75, 3.05) is 26.3 Å². The van der Waals surface area contributed by atoms with Crippen LogP contribution in [-0.2, 0) is 16.6 Å². The molecular weight excluding hydrogens is 340 g/mol. The predicted molar refractivity (Wildman–Crippen MR) is 106 cm³/mol. The van der Waals surface area contributed by atoms with Crippen molar-refractivity contribution in [1.82, 2.24) is 19.3 Å². The van der Waals surface area contributed by atoms with Crippen LogP contribution in [0.2, 0.25) is 0 Å². The number of hydrogen-bond donors (Lipinski definition) is 0. The van der Waals surface area contributed by atoms with Gasteiger partial charge in [-0.25, -0.2) is 9.97 Å². The van der Waals surface area contributed by atoms with Gasteiger partial charge >= 0.3 is 0 Å². The highest BCUT2D eigenvalue weighted by atomic mass is 16.5. The number of imidazole rings is 1. The van der Waals surface area contributed by atoms with Gasteiger partial charge in [0.25, 0.3) is 5.91 Å². The van der Waals surface area contributed by atoms with E-state index in [1.807, 2.05) is 19.9 Å². The molecule has 2 aromatic rings. The number of rotatable bonds is 5. The number of carbonyl (C=O) groups is 1. The van der Waals surface area contributed by atoms with Crippen LogP contribution in [0.15, 0.2) is 12.4 Å². The molecule has 0 spiro atoms. The number of fused-ring (bicyclic) bond motifs is 1. The second kappa shape index (κ2) is 7.97. The molecule has 0 atom stereocenters. The largest absolute Gasteiger partial charge is 0.381 e. The zero-order valence-corrected chi connectivity index (χ0v) is 17.3. The summed E-state index contributed by atoms with van der Waals surface area (Å²) in [6.45, 7) is 13.6. The van der Waals surface area contributed by atoms with Crippen LogP contribution in [0.25, 0.3) is 5.65 Å². The molecule has 0 saturated carbocycles. The smallest absolute Gasteiger partial charge is 0.272 e. The van der Waals surface area contributed by atoms with Crippen molar-refractivity contribution in [1.29, 1.82) is 0 Å². The van der Waals surface area contributed by atoms with Gasteiger partial charge < -0.3 is 9.64 Å². The summed E-state index contributed by atoms with van der Waals surface area (Å²) in [5, 5.41) is 0. The second-order valence-electron chi connectivity index (χ2n) is 8.40. The summed E-state index contributed by atoms with van der Waals surface area (Å²) in [6, 6.07) is 1.84. The highest BCUT2D eigenvalue weighted by Gasteiger charge is 2.27. The fraction of sp³-hybridized carbons (Fsp3) is 0.667. The number of carbonyl (C=O) groups excluding carboxylic acids is 1. The maximum absolute atomic E-state index is 12.7. The molecule has 6 heteroatoms. The van der Waals surface area contributed by atoms with Crippen molar-refractivity contribution in [2.24, 2.45) is 5.92 Å². The van der Waals surface area contributed by atoms with Crippen molar-refractivity contribution in [3.63, 3.8) is 0 Å². The first kappa shape index (κ1) is 19.8. The molecule has 1 aliphatic rings. The molecule has 0 N–H and O–H groups in total. The summed E-state index contributed by atoms with van der Waals surface area (Å²) in [6.07, 6.45) is 4.93. The van der Waals surface area contributed by atoms with Gasteiger partial charge in [0.1, 0.15) is 17.7 Å². The monoisotopic (exact) mass is 372 g/mol. The Hall–Kier alpha value is -1.95. The maximum atomic E-state index is 12.7. The van der Waals surface area contributed by atoms with Gasteiger partial charge in [0.05, 0.1) is 5.69 Å².